The van der Waals surface area contributed by atoms with Crippen LogP contribution in [0.4, 0.5) is 0 Å². The predicted octanol–water partition coefficient (Wildman–Crippen LogP) is 1.98. The van der Waals surface area contributed by atoms with Gasteiger partial charge in [0.25, 0.3) is 5.89 Å². The van der Waals surface area contributed by atoms with E-state index in [9.17, 15) is 0 Å². The van der Waals surface area contributed by atoms with Gasteiger partial charge in [-0.05, 0) is 31.0 Å². The van der Waals surface area contributed by atoms with Gasteiger partial charge < -0.3 is 9.84 Å². The molecule has 1 fully saturated rings. The highest BCUT2D eigenvalue weighted by atomic mass is 32.1. The van der Waals surface area contributed by atoms with Crippen LogP contribution in [0.2, 0.25) is 0 Å². The van der Waals surface area contributed by atoms with E-state index in [4.69, 9.17) is 4.52 Å². The first-order valence-electron chi connectivity index (χ1n) is 6.68. The van der Waals surface area contributed by atoms with Crippen LogP contribution in [0.1, 0.15) is 19.2 Å². The first-order valence-corrected chi connectivity index (χ1v) is 7.56. The molecule has 1 aliphatic rings. The maximum Gasteiger partial charge on any atom is 0.268 e. The van der Waals surface area contributed by atoms with Crippen molar-refractivity contribution in [1.29, 1.82) is 0 Å². The molecule has 0 amide bonds. The van der Waals surface area contributed by atoms with E-state index < -0.39 is 0 Å². The van der Waals surface area contributed by atoms with E-state index in [-0.39, 0.29) is 0 Å². The van der Waals surface area contributed by atoms with E-state index in [0.29, 0.717) is 11.9 Å². The molecule has 2 aromatic rings. The quantitative estimate of drug-likeness (QED) is 0.906. The van der Waals surface area contributed by atoms with Crippen LogP contribution >= 0.6 is 11.3 Å². The van der Waals surface area contributed by atoms with E-state index in [1.807, 2.05) is 17.5 Å². The van der Waals surface area contributed by atoms with Crippen LogP contribution in [-0.4, -0.2) is 40.7 Å². The second kappa shape index (κ2) is 5.81. The number of hydrogen-bond acceptors (Lipinski definition) is 6. The number of hydrogen-bond donors (Lipinski definition) is 1. The number of nitrogens with zero attached hydrogens (tertiary/aromatic N) is 3. The maximum atomic E-state index is 5.32. The van der Waals surface area contributed by atoms with Crippen molar-refractivity contribution in [2.75, 3.05) is 19.6 Å². The fourth-order valence-corrected chi connectivity index (χ4v) is 3.09. The summed E-state index contributed by atoms with van der Waals surface area (Å²) < 4.78 is 5.32. The molecule has 19 heavy (non-hydrogen) atoms. The molecule has 0 bridgehead atoms. The topological polar surface area (TPSA) is 54.2 Å². The van der Waals surface area contributed by atoms with Gasteiger partial charge in [0.1, 0.15) is 0 Å². The average Bonchev–Trinajstić information content (AvgIpc) is 3.15. The lowest BCUT2D eigenvalue weighted by Gasteiger charge is -2.25. The first kappa shape index (κ1) is 12.8. The highest BCUT2D eigenvalue weighted by molar-refractivity contribution is 7.13. The summed E-state index contributed by atoms with van der Waals surface area (Å²) in [7, 11) is 0. The minimum Gasteiger partial charge on any atom is -0.333 e. The minimum atomic E-state index is 0.591. The standard InChI is InChI=1S/C13H18N4OS/c1-2-17(10-5-6-14-8-10)9-12-15-13(18-16-12)11-4-3-7-19-11/h3-4,7,10,14H,2,5-6,8-9H2,1H3. The molecular weight excluding hydrogens is 260 g/mol. The Hall–Kier alpha value is -1.24. The smallest absolute Gasteiger partial charge is 0.268 e. The van der Waals surface area contributed by atoms with Crippen molar-refractivity contribution < 1.29 is 4.52 Å². The van der Waals surface area contributed by atoms with Crippen LogP contribution in [0.25, 0.3) is 10.8 Å². The molecular formula is C13H18N4OS. The third-order valence-corrected chi connectivity index (χ3v) is 4.36. The van der Waals surface area contributed by atoms with Crippen molar-refractivity contribution in [3.63, 3.8) is 0 Å². The summed E-state index contributed by atoms with van der Waals surface area (Å²) >= 11 is 1.62. The van der Waals surface area contributed by atoms with Crippen LogP contribution < -0.4 is 5.32 Å². The van der Waals surface area contributed by atoms with Gasteiger partial charge in [-0.1, -0.05) is 18.1 Å². The lowest BCUT2D eigenvalue weighted by Crippen LogP contribution is -2.36. The molecule has 0 aliphatic carbocycles. The minimum absolute atomic E-state index is 0.591. The summed E-state index contributed by atoms with van der Waals surface area (Å²) in [5.74, 6) is 1.41. The molecule has 1 atom stereocenters. The Morgan fingerprint density at radius 1 is 1.58 bits per heavy atom. The first-order chi connectivity index (χ1) is 9.36. The SMILES string of the molecule is CCN(Cc1noc(-c2cccs2)n1)C1CCNC1. The van der Waals surface area contributed by atoms with E-state index in [0.717, 1.165) is 36.9 Å². The monoisotopic (exact) mass is 278 g/mol. The number of likely N-dealkylation sites (N-methyl/N-ethyl adjacent to an activating group) is 1. The van der Waals surface area contributed by atoms with E-state index >= 15 is 0 Å². The predicted molar refractivity (Wildman–Crippen MR) is 75.0 cm³/mol. The second-order valence-corrected chi connectivity index (χ2v) is 5.65. The van der Waals surface area contributed by atoms with Crippen LogP contribution in [0.5, 0.6) is 0 Å². The van der Waals surface area contributed by atoms with Crippen LogP contribution in [0.3, 0.4) is 0 Å². The summed E-state index contributed by atoms with van der Waals surface area (Å²) in [5.41, 5.74) is 0. The molecule has 0 spiro atoms. The summed E-state index contributed by atoms with van der Waals surface area (Å²) in [4.78, 5) is 7.92. The third kappa shape index (κ3) is 2.86. The Balaban J connectivity index is 1.68. The average molecular weight is 278 g/mol. The van der Waals surface area contributed by atoms with Crippen molar-refractivity contribution >= 4 is 11.3 Å². The van der Waals surface area contributed by atoms with Gasteiger partial charge in [-0.25, -0.2) is 0 Å². The van der Waals surface area contributed by atoms with Crippen molar-refractivity contribution in [2.45, 2.75) is 25.9 Å². The third-order valence-electron chi connectivity index (χ3n) is 3.50. The fourth-order valence-electron chi connectivity index (χ4n) is 2.45. The highest BCUT2D eigenvalue weighted by Crippen LogP contribution is 2.23. The molecule has 2 aromatic heterocycles. The van der Waals surface area contributed by atoms with Gasteiger partial charge in [-0.3, -0.25) is 4.90 Å². The molecule has 0 saturated carbocycles. The largest absolute Gasteiger partial charge is 0.333 e. The number of thiophene rings is 1. The number of aromatic nitrogens is 2. The lowest BCUT2D eigenvalue weighted by atomic mass is 10.2. The van der Waals surface area contributed by atoms with Crippen LogP contribution in [0.15, 0.2) is 22.0 Å². The van der Waals surface area contributed by atoms with Crippen LogP contribution in [0, 0.1) is 0 Å². The molecule has 1 N–H and O–H groups in total. The molecule has 0 radical (unpaired) electrons. The molecule has 0 aromatic carbocycles. The van der Waals surface area contributed by atoms with Gasteiger partial charge in [0, 0.05) is 12.6 Å². The van der Waals surface area contributed by atoms with E-state index in [2.05, 4.69) is 27.3 Å². The summed E-state index contributed by atoms with van der Waals surface area (Å²) in [6.45, 7) is 6.11. The van der Waals surface area contributed by atoms with Gasteiger partial charge >= 0.3 is 0 Å². The Kier molecular flexibility index (Phi) is 3.91. The molecule has 102 valence electrons. The maximum absolute atomic E-state index is 5.32. The van der Waals surface area contributed by atoms with Crippen LogP contribution in [-0.2, 0) is 6.54 Å². The molecule has 1 aliphatic heterocycles. The van der Waals surface area contributed by atoms with Crippen molar-refractivity contribution in [3.05, 3.63) is 23.3 Å². The summed E-state index contributed by atoms with van der Waals surface area (Å²) in [6.07, 6.45) is 1.20. The molecule has 3 heterocycles. The Morgan fingerprint density at radius 3 is 3.21 bits per heavy atom. The Bertz CT molecular complexity index is 504. The second-order valence-electron chi connectivity index (χ2n) is 4.70. The lowest BCUT2D eigenvalue weighted by molar-refractivity contribution is 0.202. The zero-order chi connectivity index (χ0) is 13.1. The molecule has 1 saturated heterocycles. The van der Waals surface area contributed by atoms with E-state index in [1.165, 1.54) is 6.42 Å². The van der Waals surface area contributed by atoms with Crippen molar-refractivity contribution in [2.24, 2.45) is 0 Å². The normalized spacial score (nSPS) is 19.4. The highest BCUT2D eigenvalue weighted by Gasteiger charge is 2.22. The van der Waals surface area contributed by atoms with Gasteiger partial charge in [-0.2, -0.15) is 4.98 Å². The van der Waals surface area contributed by atoms with Gasteiger partial charge in [-0.15, -0.1) is 11.3 Å². The molecule has 3 rings (SSSR count). The van der Waals surface area contributed by atoms with Gasteiger partial charge in [0.15, 0.2) is 5.82 Å². The Morgan fingerprint density at radius 2 is 2.53 bits per heavy atom. The summed E-state index contributed by atoms with van der Waals surface area (Å²) in [6, 6.07) is 4.58. The number of nitrogens with one attached hydrogen (secondary N) is 1. The summed E-state index contributed by atoms with van der Waals surface area (Å²) in [5, 5.41) is 9.50. The number of rotatable bonds is 5. The Labute approximate surface area is 116 Å². The zero-order valence-corrected chi connectivity index (χ0v) is 11.8. The van der Waals surface area contributed by atoms with Gasteiger partial charge in [0.2, 0.25) is 0 Å². The van der Waals surface area contributed by atoms with Crippen molar-refractivity contribution in [3.8, 4) is 10.8 Å². The van der Waals surface area contributed by atoms with Gasteiger partial charge in [0.05, 0.1) is 11.4 Å². The molecule has 1 unspecified atom stereocenters. The zero-order valence-electron chi connectivity index (χ0n) is 11.0. The van der Waals surface area contributed by atoms with Crippen molar-refractivity contribution in [1.82, 2.24) is 20.4 Å². The molecule has 5 nitrogen and oxygen atoms in total. The molecule has 6 heteroatoms. The fraction of sp³-hybridized carbons (Fsp3) is 0.538. The van der Waals surface area contributed by atoms with E-state index in [1.54, 1.807) is 11.3 Å².